The molecule has 1 saturated heterocycles. The van der Waals surface area contributed by atoms with Crippen molar-refractivity contribution in [3.8, 4) is 0 Å². The van der Waals surface area contributed by atoms with E-state index in [-0.39, 0.29) is 11.9 Å². The molecule has 7 heteroatoms. The molecule has 0 spiro atoms. The summed E-state index contributed by atoms with van der Waals surface area (Å²) in [7, 11) is 0. The van der Waals surface area contributed by atoms with Crippen LogP contribution in [0.3, 0.4) is 0 Å². The number of hydrogen-bond acceptors (Lipinski definition) is 5. The van der Waals surface area contributed by atoms with Crippen LogP contribution in [0.4, 0.5) is 16.2 Å². The summed E-state index contributed by atoms with van der Waals surface area (Å²) in [4.78, 5) is 18.8. The van der Waals surface area contributed by atoms with E-state index in [1.807, 2.05) is 29.6 Å². The Morgan fingerprint density at radius 1 is 1.38 bits per heavy atom. The van der Waals surface area contributed by atoms with Gasteiger partial charge in [-0.3, -0.25) is 0 Å². The third-order valence-electron chi connectivity index (χ3n) is 3.95. The van der Waals surface area contributed by atoms with Crippen molar-refractivity contribution in [1.29, 1.82) is 0 Å². The SMILES string of the molecule is C[C@H](CNC(=O)Nc1ccccc1N1CCOCC1)c1nccs1. The molecule has 1 fully saturated rings. The fourth-order valence-corrected chi connectivity index (χ4v) is 3.34. The van der Waals surface area contributed by atoms with Crippen LogP contribution < -0.4 is 15.5 Å². The number of amides is 2. The lowest BCUT2D eigenvalue weighted by molar-refractivity contribution is 0.123. The molecular weight excluding hydrogens is 324 g/mol. The highest BCUT2D eigenvalue weighted by Crippen LogP contribution is 2.26. The van der Waals surface area contributed by atoms with E-state index in [2.05, 4.69) is 27.4 Å². The lowest BCUT2D eigenvalue weighted by atomic mass is 10.2. The van der Waals surface area contributed by atoms with Gasteiger partial charge >= 0.3 is 6.03 Å². The molecule has 2 amide bonds. The highest BCUT2D eigenvalue weighted by Gasteiger charge is 2.16. The molecule has 24 heavy (non-hydrogen) atoms. The van der Waals surface area contributed by atoms with Gasteiger partial charge in [0.2, 0.25) is 0 Å². The summed E-state index contributed by atoms with van der Waals surface area (Å²) in [6.45, 7) is 5.71. The summed E-state index contributed by atoms with van der Waals surface area (Å²) in [5.41, 5.74) is 1.85. The van der Waals surface area contributed by atoms with Gasteiger partial charge in [0, 0.05) is 37.1 Å². The highest BCUT2D eigenvalue weighted by molar-refractivity contribution is 7.09. The number of para-hydroxylation sites is 2. The second-order valence-electron chi connectivity index (χ2n) is 5.72. The number of carbonyl (C=O) groups is 1. The van der Waals surface area contributed by atoms with Crippen LogP contribution in [0.5, 0.6) is 0 Å². The number of thiazole rings is 1. The van der Waals surface area contributed by atoms with E-state index in [1.165, 1.54) is 0 Å². The molecule has 1 aliphatic rings. The predicted octanol–water partition coefficient (Wildman–Crippen LogP) is 2.90. The van der Waals surface area contributed by atoms with Crippen molar-refractivity contribution in [2.75, 3.05) is 43.1 Å². The molecule has 128 valence electrons. The average molecular weight is 346 g/mol. The number of morpholine rings is 1. The summed E-state index contributed by atoms with van der Waals surface area (Å²) in [6.07, 6.45) is 1.79. The molecule has 1 aromatic carbocycles. The first kappa shape index (κ1) is 16.7. The van der Waals surface area contributed by atoms with Gasteiger partial charge in [-0.2, -0.15) is 0 Å². The number of hydrogen-bond donors (Lipinski definition) is 2. The zero-order chi connectivity index (χ0) is 16.8. The van der Waals surface area contributed by atoms with Crippen LogP contribution in [-0.4, -0.2) is 43.9 Å². The quantitative estimate of drug-likeness (QED) is 0.874. The lowest BCUT2D eigenvalue weighted by Gasteiger charge is -2.30. The number of aromatic nitrogens is 1. The van der Waals surface area contributed by atoms with Gasteiger partial charge in [0.15, 0.2) is 0 Å². The largest absolute Gasteiger partial charge is 0.378 e. The Morgan fingerprint density at radius 2 is 2.17 bits per heavy atom. The maximum atomic E-state index is 12.2. The Hall–Kier alpha value is -2.12. The number of rotatable bonds is 5. The Labute approximate surface area is 145 Å². The number of benzene rings is 1. The van der Waals surface area contributed by atoms with E-state index in [1.54, 1.807) is 17.5 Å². The lowest BCUT2D eigenvalue weighted by Crippen LogP contribution is -2.37. The summed E-state index contributed by atoms with van der Waals surface area (Å²) in [5, 5.41) is 8.86. The van der Waals surface area contributed by atoms with Crippen LogP contribution in [0.25, 0.3) is 0 Å². The van der Waals surface area contributed by atoms with Gasteiger partial charge < -0.3 is 20.3 Å². The molecule has 1 aromatic heterocycles. The molecular formula is C17H22N4O2S. The van der Waals surface area contributed by atoms with Crippen LogP contribution in [0.2, 0.25) is 0 Å². The number of nitrogens with one attached hydrogen (secondary N) is 2. The molecule has 6 nitrogen and oxygen atoms in total. The van der Waals surface area contributed by atoms with Crippen molar-refractivity contribution >= 4 is 28.7 Å². The fourth-order valence-electron chi connectivity index (χ4n) is 2.64. The average Bonchev–Trinajstić information content (AvgIpc) is 3.16. The van der Waals surface area contributed by atoms with Crippen molar-refractivity contribution in [2.45, 2.75) is 12.8 Å². The zero-order valence-corrected chi connectivity index (χ0v) is 14.5. The van der Waals surface area contributed by atoms with Gasteiger partial charge in [0.05, 0.1) is 29.6 Å². The van der Waals surface area contributed by atoms with E-state index >= 15 is 0 Å². The summed E-state index contributed by atoms with van der Waals surface area (Å²) >= 11 is 1.61. The fraction of sp³-hybridized carbons (Fsp3) is 0.412. The molecule has 3 rings (SSSR count). The van der Waals surface area contributed by atoms with E-state index < -0.39 is 0 Å². The van der Waals surface area contributed by atoms with Gasteiger partial charge in [-0.05, 0) is 12.1 Å². The molecule has 0 aliphatic carbocycles. The first-order valence-electron chi connectivity index (χ1n) is 8.10. The van der Waals surface area contributed by atoms with Gasteiger partial charge in [0.1, 0.15) is 0 Å². The number of carbonyl (C=O) groups excluding carboxylic acids is 1. The molecule has 1 atom stereocenters. The standard InChI is InChI=1S/C17H22N4O2S/c1-13(16-18-6-11-24-16)12-19-17(22)20-14-4-2-3-5-15(14)21-7-9-23-10-8-21/h2-6,11,13H,7-10,12H2,1H3,(H2,19,20,22)/t13-/m1/s1. The van der Waals surface area contributed by atoms with Crippen LogP contribution in [0.15, 0.2) is 35.8 Å². The Morgan fingerprint density at radius 3 is 2.92 bits per heavy atom. The van der Waals surface area contributed by atoms with Crippen LogP contribution in [-0.2, 0) is 4.74 Å². The van der Waals surface area contributed by atoms with E-state index in [4.69, 9.17) is 4.74 Å². The summed E-state index contributed by atoms with van der Waals surface area (Å²) in [6, 6.07) is 7.67. The topological polar surface area (TPSA) is 66.5 Å². The normalized spacial score (nSPS) is 15.8. The maximum absolute atomic E-state index is 12.2. The highest BCUT2D eigenvalue weighted by atomic mass is 32.1. The first-order chi connectivity index (χ1) is 11.7. The van der Waals surface area contributed by atoms with Crippen molar-refractivity contribution < 1.29 is 9.53 Å². The monoisotopic (exact) mass is 346 g/mol. The van der Waals surface area contributed by atoms with Gasteiger partial charge in [0.25, 0.3) is 0 Å². The van der Waals surface area contributed by atoms with Crippen LogP contribution in [0.1, 0.15) is 17.8 Å². The molecule has 0 saturated carbocycles. The zero-order valence-electron chi connectivity index (χ0n) is 13.7. The molecule has 2 heterocycles. The minimum Gasteiger partial charge on any atom is -0.378 e. The minimum absolute atomic E-state index is 0.195. The predicted molar refractivity (Wildman–Crippen MR) is 97.0 cm³/mol. The molecule has 0 radical (unpaired) electrons. The summed E-state index contributed by atoms with van der Waals surface area (Å²) < 4.78 is 5.40. The van der Waals surface area contributed by atoms with Crippen molar-refractivity contribution in [3.05, 3.63) is 40.8 Å². The summed E-state index contributed by atoms with van der Waals surface area (Å²) in [5.74, 6) is 0.199. The van der Waals surface area contributed by atoms with Gasteiger partial charge in [-0.15, -0.1) is 11.3 Å². The van der Waals surface area contributed by atoms with E-state index in [9.17, 15) is 4.79 Å². The molecule has 2 aromatic rings. The molecule has 2 N–H and O–H groups in total. The molecule has 0 bridgehead atoms. The van der Waals surface area contributed by atoms with Crippen LogP contribution in [0, 0.1) is 0 Å². The first-order valence-corrected chi connectivity index (χ1v) is 8.98. The smallest absolute Gasteiger partial charge is 0.319 e. The Bertz CT molecular complexity index is 656. The third kappa shape index (κ3) is 4.24. The van der Waals surface area contributed by atoms with E-state index in [0.717, 1.165) is 29.5 Å². The second-order valence-corrected chi connectivity index (χ2v) is 6.65. The minimum atomic E-state index is -0.195. The number of nitrogens with zero attached hydrogens (tertiary/aromatic N) is 2. The second kappa shape index (κ2) is 8.12. The maximum Gasteiger partial charge on any atom is 0.319 e. The van der Waals surface area contributed by atoms with Gasteiger partial charge in [-0.25, -0.2) is 9.78 Å². The number of ether oxygens (including phenoxy) is 1. The molecule has 1 aliphatic heterocycles. The third-order valence-corrected chi connectivity index (χ3v) is 4.95. The molecule has 0 unspecified atom stereocenters. The van der Waals surface area contributed by atoms with Crippen molar-refractivity contribution in [2.24, 2.45) is 0 Å². The Balaban J connectivity index is 1.58. The number of anilines is 2. The van der Waals surface area contributed by atoms with E-state index in [0.29, 0.717) is 19.8 Å². The van der Waals surface area contributed by atoms with Gasteiger partial charge in [-0.1, -0.05) is 19.1 Å². The Kier molecular flexibility index (Phi) is 5.66. The number of urea groups is 1. The van der Waals surface area contributed by atoms with Crippen molar-refractivity contribution in [3.63, 3.8) is 0 Å². The van der Waals surface area contributed by atoms with Crippen LogP contribution >= 0.6 is 11.3 Å². The van der Waals surface area contributed by atoms with Crippen molar-refractivity contribution in [1.82, 2.24) is 10.3 Å².